The lowest BCUT2D eigenvalue weighted by Gasteiger charge is -2.07. The summed E-state index contributed by atoms with van der Waals surface area (Å²) in [6.45, 7) is 4.08. The molecule has 0 heterocycles. The quantitative estimate of drug-likeness (QED) is 0.633. The highest BCUT2D eigenvalue weighted by Crippen LogP contribution is 2.18. The maximum Gasteiger partial charge on any atom is 0.0984 e. The molecule has 0 saturated heterocycles. The lowest BCUT2D eigenvalue weighted by atomic mass is 10.0. The van der Waals surface area contributed by atoms with Crippen LogP contribution in [-0.4, -0.2) is 11.9 Å². The molecule has 0 atom stereocenters. The van der Waals surface area contributed by atoms with Gasteiger partial charge in [-0.3, -0.25) is 4.99 Å². The molecule has 0 aliphatic heterocycles. The fraction of sp³-hybridized carbons (Fsp3) is 0.267. The summed E-state index contributed by atoms with van der Waals surface area (Å²) in [7, 11) is 0. The predicted molar refractivity (Wildman–Crippen MR) is 74.4 cm³/mol. The Kier molecular flexibility index (Phi) is 3.43. The molecule has 0 aromatic heterocycles. The smallest absolute Gasteiger partial charge is 0.0984 e. The number of nitrogens with zero attached hydrogens (tertiary/aromatic N) is 1. The first-order valence-electron chi connectivity index (χ1n) is 5.95. The monoisotopic (exact) mass is 226 g/mol. The highest BCUT2D eigenvalue weighted by Gasteiger charge is 2.02. The Morgan fingerprint density at radius 3 is 2.59 bits per heavy atom. The molecule has 0 aliphatic carbocycles. The van der Waals surface area contributed by atoms with Crippen LogP contribution < -0.4 is 5.73 Å². The van der Waals surface area contributed by atoms with Crippen LogP contribution in [0, 0.1) is 0 Å². The van der Waals surface area contributed by atoms with E-state index in [9.17, 15) is 0 Å². The minimum Gasteiger partial charge on any atom is -0.387 e. The van der Waals surface area contributed by atoms with Crippen molar-refractivity contribution in [2.45, 2.75) is 26.3 Å². The van der Waals surface area contributed by atoms with Crippen molar-refractivity contribution in [2.24, 2.45) is 10.7 Å². The lowest BCUT2D eigenvalue weighted by Crippen LogP contribution is -2.17. The van der Waals surface area contributed by atoms with Gasteiger partial charge in [0.25, 0.3) is 0 Å². The van der Waals surface area contributed by atoms with Gasteiger partial charge in [0.15, 0.2) is 0 Å². The molecule has 17 heavy (non-hydrogen) atoms. The number of amidine groups is 1. The van der Waals surface area contributed by atoms with Gasteiger partial charge in [-0.25, -0.2) is 0 Å². The van der Waals surface area contributed by atoms with E-state index in [0.717, 1.165) is 6.42 Å². The van der Waals surface area contributed by atoms with E-state index in [0.29, 0.717) is 5.84 Å². The molecule has 0 amide bonds. The molecule has 88 valence electrons. The van der Waals surface area contributed by atoms with Gasteiger partial charge in [0.2, 0.25) is 0 Å². The molecule has 2 nitrogen and oxygen atoms in total. The topological polar surface area (TPSA) is 38.4 Å². The lowest BCUT2D eigenvalue weighted by molar-refractivity contribution is 0.829. The Morgan fingerprint density at radius 1 is 1.12 bits per heavy atom. The van der Waals surface area contributed by atoms with Crippen molar-refractivity contribution in [3.8, 4) is 0 Å². The van der Waals surface area contributed by atoms with Crippen molar-refractivity contribution in [1.29, 1.82) is 0 Å². The molecule has 0 bridgehead atoms. The highest BCUT2D eigenvalue weighted by molar-refractivity contribution is 5.91. The largest absolute Gasteiger partial charge is 0.387 e. The van der Waals surface area contributed by atoms with Gasteiger partial charge < -0.3 is 5.73 Å². The van der Waals surface area contributed by atoms with Gasteiger partial charge in [0.05, 0.1) is 5.84 Å². The van der Waals surface area contributed by atoms with Crippen molar-refractivity contribution >= 4 is 16.6 Å². The molecule has 0 fully saturated rings. The summed E-state index contributed by atoms with van der Waals surface area (Å²) < 4.78 is 0. The zero-order chi connectivity index (χ0) is 12.3. The van der Waals surface area contributed by atoms with Crippen molar-refractivity contribution in [3.63, 3.8) is 0 Å². The average Bonchev–Trinajstić information content (AvgIpc) is 2.28. The minimum atomic E-state index is 0.255. The van der Waals surface area contributed by atoms with Gasteiger partial charge in [-0.2, -0.15) is 0 Å². The van der Waals surface area contributed by atoms with Crippen molar-refractivity contribution in [1.82, 2.24) is 0 Å². The SMILES string of the molecule is CC(C)N=C(N)Cc1cccc2ccccc12. The van der Waals surface area contributed by atoms with Crippen LogP contribution in [0.15, 0.2) is 47.5 Å². The number of fused-ring (bicyclic) bond motifs is 1. The second-order valence-electron chi connectivity index (χ2n) is 4.53. The summed E-state index contributed by atoms with van der Waals surface area (Å²) in [6.07, 6.45) is 0.722. The first-order valence-corrected chi connectivity index (χ1v) is 5.95. The third-order valence-electron chi connectivity index (χ3n) is 2.68. The zero-order valence-electron chi connectivity index (χ0n) is 10.4. The van der Waals surface area contributed by atoms with Gasteiger partial charge in [-0.15, -0.1) is 0 Å². The number of nitrogens with two attached hydrogens (primary N) is 1. The highest BCUT2D eigenvalue weighted by atomic mass is 14.9. The predicted octanol–water partition coefficient (Wildman–Crippen LogP) is 3.15. The van der Waals surface area contributed by atoms with E-state index >= 15 is 0 Å². The van der Waals surface area contributed by atoms with Crippen LogP contribution >= 0.6 is 0 Å². The first kappa shape index (κ1) is 11.6. The van der Waals surface area contributed by atoms with E-state index in [4.69, 9.17) is 5.73 Å². The fourth-order valence-electron chi connectivity index (χ4n) is 2.02. The van der Waals surface area contributed by atoms with Crippen LogP contribution in [0.4, 0.5) is 0 Å². The molecular formula is C15H18N2. The van der Waals surface area contributed by atoms with Crippen molar-refractivity contribution < 1.29 is 0 Å². The summed E-state index contributed by atoms with van der Waals surface area (Å²) in [5.41, 5.74) is 7.19. The maximum absolute atomic E-state index is 5.95. The van der Waals surface area contributed by atoms with E-state index in [1.807, 2.05) is 13.8 Å². The Balaban J connectivity index is 2.36. The maximum atomic E-state index is 5.95. The molecule has 0 spiro atoms. The third-order valence-corrected chi connectivity index (χ3v) is 2.68. The zero-order valence-corrected chi connectivity index (χ0v) is 10.4. The van der Waals surface area contributed by atoms with E-state index in [1.54, 1.807) is 0 Å². The summed E-state index contributed by atoms with van der Waals surface area (Å²) in [4.78, 5) is 4.37. The van der Waals surface area contributed by atoms with Gasteiger partial charge in [-0.05, 0) is 30.2 Å². The minimum absolute atomic E-state index is 0.255. The number of rotatable bonds is 3. The molecule has 0 radical (unpaired) electrons. The van der Waals surface area contributed by atoms with E-state index in [2.05, 4.69) is 47.5 Å². The molecule has 2 N–H and O–H groups in total. The molecule has 2 aromatic rings. The van der Waals surface area contributed by atoms with Gasteiger partial charge in [0, 0.05) is 12.5 Å². The van der Waals surface area contributed by atoms with E-state index < -0.39 is 0 Å². The van der Waals surface area contributed by atoms with Crippen molar-refractivity contribution in [2.75, 3.05) is 0 Å². The summed E-state index contributed by atoms with van der Waals surface area (Å²) in [5, 5.41) is 2.51. The number of hydrogen-bond acceptors (Lipinski definition) is 1. The number of aliphatic imine (C=N–C) groups is 1. The average molecular weight is 226 g/mol. The Bertz CT molecular complexity index is 536. The Labute approximate surface area is 102 Å². The summed E-state index contributed by atoms with van der Waals surface area (Å²) in [6, 6.07) is 14.9. The standard InChI is InChI=1S/C15H18N2/c1-11(2)17-15(16)10-13-8-5-7-12-6-3-4-9-14(12)13/h3-9,11H,10H2,1-2H3,(H2,16,17). The van der Waals surface area contributed by atoms with Crippen LogP contribution in [0.1, 0.15) is 19.4 Å². The summed E-state index contributed by atoms with van der Waals surface area (Å²) in [5.74, 6) is 0.705. The van der Waals surface area contributed by atoms with Crippen LogP contribution in [0.5, 0.6) is 0 Å². The number of benzene rings is 2. The second-order valence-corrected chi connectivity index (χ2v) is 4.53. The molecule has 0 unspecified atom stereocenters. The Morgan fingerprint density at radius 2 is 1.82 bits per heavy atom. The normalized spacial score (nSPS) is 12.3. The summed E-state index contributed by atoms with van der Waals surface area (Å²) >= 11 is 0. The van der Waals surface area contributed by atoms with E-state index in [1.165, 1.54) is 16.3 Å². The van der Waals surface area contributed by atoms with Crippen LogP contribution in [0.2, 0.25) is 0 Å². The van der Waals surface area contributed by atoms with Crippen molar-refractivity contribution in [3.05, 3.63) is 48.0 Å². The Hall–Kier alpha value is -1.83. The molecule has 2 rings (SSSR count). The fourth-order valence-corrected chi connectivity index (χ4v) is 2.02. The third kappa shape index (κ3) is 2.84. The van der Waals surface area contributed by atoms with Crippen LogP contribution in [0.3, 0.4) is 0 Å². The molecule has 2 heteroatoms. The van der Waals surface area contributed by atoms with Crippen LogP contribution in [0.25, 0.3) is 10.8 Å². The molecule has 2 aromatic carbocycles. The van der Waals surface area contributed by atoms with Gasteiger partial charge in [0.1, 0.15) is 0 Å². The first-order chi connectivity index (χ1) is 8.16. The van der Waals surface area contributed by atoms with Gasteiger partial charge in [-0.1, -0.05) is 42.5 Å². The number of hydrogen-bond donors (Lipinski definition) is 1. The molecule has 0 saturated carbocycles. The van der Waals surface area contributed by atoms with Gasteiger partial charge >= 0.3 is 0 Å². The second kappa shape index (κ2) is 5.00. The molecular weight excluding hydrogens is 208 g/mol. The van der Waals surface area contributed by atoms with E-state index in [-0.39, 0.29) is 6.04 Å². The molecule has 0 aliphatic rings. The van der Waals surface area contributed by atoms with Crippen LogP contribution in [-0.2, 0) is 6.42 Å².